The van der Waals surface area contributed by atoms with Gasteiger partial charge in [-0.25, -0.2) is 4.39 Å². The number of nitrogens with one attached hydrogen (secondary N) is 1. The number of piperidine rings is 1. The molecule has 4 rings (SSSR count). The van der Waals surface area contributed by atoms with Crippen molar-refractivity contribution < 1.29 is 18.7 Å². The van der Waals surface area contributed by atoms with Gasteiger partial charge >= 0.3 is 0 Å². The van der Waals surface area contributed by atoms with Gasteiger partial charge < -0.3 is 15.0 Å². The van der Waals surface area contributed by atoms with Crippen molar-refractivity contribution in [2.24, 2.45) is 5.92 Å². The van der Waals surface area contributed by atoms with E-state index in [1.807, 2.05) is 6.07 Å². The minimum Gasteiger partial charge on any atom is -0.494 e. The van der Waals surface area contributed by atoms with E-state index in [0.717, 1.165) is 37.2 Å². The number of amides is 2. The van der Waals surface area contributed by atoms with Crippen LogP contribution in [0.1, 0.15) is 24.8 Å². The molecule has 2 fully saturated rings. The molecule has 32 heavy (non-hydrogen) atoms. The summed E-state index contributed by atoms with van der Waals surface area (Å²) in [5, 5.41) is 3.74. The number of hydrogen-bond donors (Lipinski definition) is 1. The zero-order chi connectivity index (χ0) is 22.7. The van der Waals surface area contributed by atoms with Crippen molar-refractivity contribution in [1.82, 2.24) is 10.2 Å². The first-order valence-corrected chi connectivity index (χ1v) is 11.2. The number of benzene rings is 2. The van der Waals surface area contributed by atoms with Crippen LogP contribution in [0, 0.1) is 11.7 Å². The molecule has 0 aliphatic carbocycles. The molecule has 0 bridgehead atoms. The molecule has 2 aromatic carbocycles. The molecule has 1 N–H and O–H groups in total. The number of ether oxygens (including phenoxy) is 1. The smallest absolute Gasteiger partial charge is 0.227 e. The zero-order valence-electron chi connectivity index (χ0n) is 18.0. The summed E-state index contributed by atoms with van der Waals surface area (Å²) in [6.07, 6.45) is 1.87. The molecule has 0 aromatic heterocycles. The summed E-state index contributed by atoms with van der Waals surface area (Å²) in [6.45, 7) is 2.68. The summed E-state index contributed by atoms with van der Waals surface area (Å²) < 4.78 is 18.9. The van der Waals surface area contributed by atoms with E-state index in [4.69, 9.17) is 16.3 Å². The van der Waals surface area contributed by atoms with Gasteiger partial charge in [-0.1, -0.05) is 17.7 Å². The van der Waals surface area contributed by atoms with Crippen LogP contribution in [0.4, 0.5) is 10.1 Å². The molecule has 2 saturated heterocycles. The van der Waals surface area contributed by atoms with Crippen molar-refractivity contribution in [3.8, 4) is 5.75 Å². The Bertz CT molecular complexity index is 977. The van der Waals surface area contributed by atoms with E-state index < -0.39 is 0 Å². The molecular formula is C24H27ClFN3O3. The summed E-state index contributed by atoms with van der Waals surface area (Å²) in [5.41, 5.74) is 1.66. The zero-order valence-corrected chi connectivity index (χ0v) is 18.8. The lowest BCUT2D eigenvalue weighted by atomic mass is 10.0. The lowest BCUT2D eigenvalue weighted by Gasteiger charge is -2.32. The number of anilines is 1. The first kappa shape index (κ1) is 22.6. The predicted octanol–water partition coefficient (Wildman–Crippen LogP) is 3.62. The van der Waals surface area contributed by atoms with Gasteiger partial charge in [-0.15, -0.1) is 0 Å². The lowest BCUT2D eigenvalue weighted by molar-refractivity contribution is -0.127. The topological polar surface area (TPSA) is 61.9 Å². The second-order valence-electron chi connectivity index (χ2n) is 8.41. The number of hydrogen-bond acceptors (Lipinski definition) is 4. The van der Waals surface area contributed by atoms with E-state index in [1.165, 1.54) is 13.2 Å². The van der Waals surface area contributed by atoms with Crippen molar-refractivity contribution in [3.05, 3.63) is 58.9 Å². The molecule has 0 spiro atoms. The maximum Gasteiger partial charge on any atom is 0.227 e. The highest BCUT2D eigenvalue weighted by atomic mass is 35.5. The molecule has 2 aliphatic rings. The van der Waals surface area contributed by atoms with Crippen molar-refractivity contribution >= 4 is 29.1 Å². The Balaban J connectivity index is 1.25. The number of nitrogens with zero attached hydrogens (tertiary/aromatic N) is 2. The monoisotopic (exact) mass is 459 g/mol. The second-order valence-corrected chi connectivity index (χ2v) is 8.85. The van der Waals surface area contributed by atoms with Gasteiger partial charge in [-0.3, -0.25) is 14.5 Å². The molecule has 1 atom stereocenters. The Hall–Kier alpha value is -2.64. The lowest BCUT2D eigenvalue weighted by Crippen LogP contribution is -2.46. The average molecular weight is 460 g/mol. The molecule has 8 heteroatoms. The maximum absolute atomic E-state index is 13.9. The average Bonchev–Trinajstić information content (AvgIpc) is 3.17. The quantitative estimate of drug-likeness (QED) is 0.716. The molecule has 170 valence electrons. The fourth-order valence-electron chi connectivity index (χ4n) is 4.37. The fourth-order valence-corrected chi connectivity index (χ4v) is 4.50. The van der Waals surface area contributed by atoms with E-state index in [0.29, 0.717) is 18.1 Å². The predicted molar refractivity (Wildman–Crippen MR) is 121 cm³/mol. The van der Waals surface area contributed by atoms with E-state index in [9.17, 15) is 14.0 Å². The summed E-state index contributed by atoms with van der Waals surface area (Å²) in [6, 6.07) is 12.2. The highest BCUT2D eigenvalue weighted by molar-refractivity contribution is 6.30. The molecule has 2 aliphatic heterocycles. The van der Waals surface area contributed by atoms with E-state index in [-0.39, 0.29) is 41.8 Å². The highest BCUT2D eigenvalue weighted by Crippen LogP contribution is 2.27. The fraction of sp³-hybridized carbons (Fsp3) is 0.417. The normalized spacial score (nSPS) is 19.9. The number of rotatable bonds is 6. The van der Waals surface area contributed by atoms with Gasteiger partial charge in [0.15, 0.2) is 11.6 Å². The van der Waals surface area contributed by atoms with Crippen molar-refractivity contribution in [3.63, 3.8) is 0 Å². The van der Waals surface area contributed by atoms with Crippen LogP contribution in [-0.2, 0) is 16.1 Å². The van der Waals surface area contributed by atoms with Gasteiger partial charge in [0.1, 0.15) is 0 Å². The Morgan fingerprint density at radius 2 is 1.91 bits per heavy atom. The van der Waals surface area contributed by atoms with E-state index >= 15 is 0 Å². The minimum atomic E-state index is -0.356. The van der Waals surface area contributed by atoms with Crippen LogP contribution in [0.25, 0.3) is 0 Å². The van der Waals surface area contributed by atoms with Gasteiger partial charge in [0.05, 0.1) is 13.0 Å². The van der Waals surface area contributed by atoms with Crippen LogP contribution in [0.15, 0.2) is 42.5 Å². The van der Waals surface area contributed by atoms with E-state index in [2.05, 4.69) is 10.2 Å². The second kappa shape index (κ2) is 9.88. The highest BCUT2D eigenvalue weighted by Gasteiger charge is 2.36. The number of methoxy groups -OCH3 is 1. The molecule has 0 saturated carbocycles. The van der Waals surface area contributed by atoms with Crippen molar-refractivity contribution in [2.45, 2.75) is 31.8 Å². The summed E-state index contributed by atoms with van der Waals surface area (Å²) in [5.74, 6) is -0.570. The summed E-state index contributed by atoms with van der Waals surface area (Å²) >= 11 is 5.92. The summed E-state index contributed by atoms with van der Waals surface area (Å²) in [4.78, 5) is 29.1. The van der Waals surface area contributed by atoms with Gasteiger partial charge in [-0.05, 0) is 54.8 Å². The molecule has 0 radical (unpaired) electrons. The van der Waals surface area contributed by atoms with Crippen molar-refractivity contribution in [2.75, 3.05) is 31.6 Å². The Labute approximate surface area is 192 Å². The number of carbonyl (C=O) groups is 2. The van der Waals surface area contributed by atoms with Gasteiger partial charge in [0.25, 0.3) is 0 Å². The molecule has 1 unspecified atom stereocenters. The van der Waals surface area contributed by atoms with Crippen LogP contribution in [0.5, 0.6) is 5.75 Å². The van der Waals surface area contributed by atoms with E-state index in [1.54, 1.807) is 35.2 Å². The van der Waals surface area contributed by atoms with Crippen LogP contribution in [-0.4, -0.2) is 49.5 Å². The van der Waals surface area contributed by atoms with Crippen LogP contribution in [0.3, 0.4) is 0 Å². The Morgan fingerprint density at radius 3 is 2.56 bits per heavy atom. The standard InChI is InChI=1S/C24H27ClFN3O3/c1-32-22-7-2-16(12-21(22)26)14-28-10-8-19(9-11-28)27-24(31)17-13-23(30)29(15-17)20-5-3-18(25)4-6-20/h2-7,12,17,19H,8-11,13-15H2,1H3,(H,27,31). The van der Waals surface area contributed by atoms with Crippen LogP contribution in [0.2, 0.25) is 5.02 Å². The Kier molecular flexibility index (Phi) is 6.96. The first-order valence-electron chi connectivity index (χ1n) is 10.8. The third-order valence-corrected chi connectivity index (χ3v) is 6.44. The SMILES string of the molecule is COc1ccc(CN2CCC(NC(=O)C3CC(=O)N(c4ccc(Cl)cc4)C3)CC2)cc1F. The molecule has 2 aromatic rings. The molecule has 2 amide bonds. The summed E-state index contributed by atoms with van der Waals surface area (Å²) in [7, 11) is 1.45. The molecular weight excluding hydrogens is 433 g/mol. The maximum atomic E-state index is 13.9. The van der Waals surface area contributed by atoms with Gasteiger partial charge in [0, 0.05) is 49.4 Å². The number of halogens is 2. The molecule has 6 nitrogen and oxygen atoms in total. The van der Waals surface area contributed by atoms with Crippen LogP contribution >= 0.6 is 11.6 Å². The van der Waals surface area contributed by atoms with Gasteiger partial charge in [0.2, 0.25) is 11.8 Å². The third-order valence-electron chi connectivity index (χ3n) is 6.19. The minimum absolute atomic E-state index is 0.0472. The first-order chi connectivity index (χ1) is 15.4. The largest absolute Gasteiger partial charge is 0.494 e. The molecule has 2 heterocycles. The Morgan fingerprint density at radius 1 is 1.19 bits per heavy atom. The number of carbonyl (C=O) groups excluding carboxylic acids is 2. The number of likely N-dealkylation sites (tertiary alicyclic amines) is 1. The van der Waals surface area contributed by atoms with Crippen molar-refractivity contribution in [1.29, 1.82) is 0 Å². The van der Waals surface area contributed by atoms with Crippen LogP contribution < -0.4 is 15.0 Å². The van der Waals surface area contributed by atoms with Gasteiger partial charge in [-0.2, -0.15) is 0 Å². The third kappa shape index (κ3) is 5.22.